The van der Waals surface area contributed by atoms with Crippen molar-refractivity contribution in [3.63, 3.8) is 0 Å². The van der Waals surface area contributed by atoms with Crippen LogP contribution in [0.15, 0.2) is 39.7 Å². The number of carbonyl (C=O) groups is 2. The average molecular weight is 525 g/mol. The van der Waals surface area contributed by atoms with Gasteiger partial charge in [-0.15, -0.1) is 0 Å². The maximum Gasteiger partial charge on any atom is 0.331 e. The highest BCUT2D eigenvalue weighted by Crippen LogP contribution is 2.33. The second-order valence-corrected chi connectivity index (χ2v) is 9.80. The molecule has 0 aliphatic carbocycles. The Morgan fingerprint density at radius 3 is 2.76 bits per heavy atom. The van der Waals surface area contributed by atoms with E-state index in [9.17, 15) is 18.8 Å². The number of benzene rings is 1. The van der Waals surface area contributed by atoms with Crippen molar-refractivity contribution in [2.75, 3.05) is 19.6 Å². The first-order chi connectivity index (χ1) is 18.3. The van der Waals surface area contributed by atoms with E-state index < -0.39 is 18.0 Å². The van der Waals surface area contributed by atoms with Gasteiger partial charge in [-0.3, -0.25) is 9.36 Å². The number of rotatable bonds is 7. The molecule has 5 rings (SSSR count). The molecule has 3 aromatic rings. The average Bonchev–Trinajstić information content (AvgIpc) is 3.31. The highest BCUT2D eigenvalue weighted by atomic mass is 19.1. The van der Waals surface area contributed by atoms with E-state index in [-0.39, 0.29) is 17.3 Å². The van der Waals surface area contributed by atoms with Crippen LogP contribution >= 0.6 is 0 Å². The van der Waals surface area contributed by atoms with Crippen LogP contribution in [0.3, 0.4) is 0 Å². The quantitative estimate of drug-likeness (QED) is 0.366. The lowest BCUT2D eigenvalue weighted by Gasteiger charge is -2.31. The fourth-order valence-electron chi connectivity index (χ4n) is 5.39. The van der Waals surface area contributed by atoms with Gasteiger partial charge in [0.1, 0.15) is 5.82 Å². The smallest absolute Gasteiger partial charge is 0.331 e. The Morgan fingerprint density at radius 2 is 2.00 bits per heavy atom. The minimum Gasteiger partial charge on any atom is -0.478 e. The molecule has 10 nitrogen and oxygen atoms in total. The van der Waals surface area contributed by atoms with Crippen LogP contribution in [0.1, 0.15) is 60.5 Å². The number of likely N-dealkylation sites (tertiary alicyclic amines) is 1. The van der Waals surface area contributed by atoms with E-state index in [1.807, 2.05) is 0 Å². The number of esters is 1. The Balaban J connectivity index is 1.22. The molecular weight excluding hydrogens is 495 g/mol. The summed E-state index contributed by atoms with van der Waals surface area (Å²) in [5.41, 5.74) is 2.48. The van der Waals surface area contributed by atoms with Gasteiger partial charge in [-0.05, 0) is 64.3 Å². The van der Waals surface area contributed by atoms with Crippen LogP contribution in [0, 0.1) is 12.7 Å². The highest BCUT2D eigenvalue weighted by molar-refractivity contribution is 5.90. The van der Waals surface area contributed by atoms with Crippen LogP contribution in [0.2, 0.25) is 0 Å². The number of hydrogen-bond acceptors (Lipinski definition) is 8. The van der Waals surface area contributed by atoms with Crippen LogP contribution < -0.4 is 5.56 Å². The number of carboxylic acids is 1. The van der Waals surface area contributed by atoms with Crippen molar-refractivity contribution in [1.29, 1.82) is 0 Å². The van der Waals surface area contributed by atoms with Gasteiger partial charge in [-0.1, -0.05) is 5.16 Å². The Labute approximate surface area is 217 Å². The molecule has 0 spiro atoms. The number of carbonyl (C=O) groups excluding carboxylic acids is 1. The molecule has 11 heteroatoms. The highest BCUT2D eigenvalue weighted by Gasteiger charge is 2.29. The molecule has 2 aliphatic rings. The Hall–Kier alpha value is -3.86. The molecule has 1 aromatic carbocycles. The summed E-state index contributed by atoms with van der Waals surface area (Å²) >= 11 is 0. The molecule has 0 saturated carbocycles. The number of carboxylic acid groups (broad SMARTS) is 1. The van der Waals surface area contributed by atoms with Crippen molar-refractivity contribution in [3.8, 4) is 0 Å². The van der Waals surface area contributed by atoms with E-state index in [0.29, 0.717) is 55.0 Å². The number of aryl methyl sites for hydroxylation is 1. The zero-order chi connectivity index (χ0) is 26.8. The third-order valence-electron chi connectivity index (χ3n) is 7.37. The van der Waals surface area contributed by atoms with E-state index in [1.165, 1.54) is 12.1 Å². The number of halogens is 1. The molecule has 1 atom stereocenters. The van der Waals surface area contributed by atoms with E-state index in [1.54, 1.807) is 17.6 Å². The van der Waals surface area contributed by atoms with Crippen molar-refractivity contribution in [3.05, 3.63) is 69.3 Å². The SMILES string of the molecule is Cc1nc2n(c(=O)c1CCN1CCC(c3noc4cc(F)ccc34)CC1)CCCC2OC(=O)C=CC(=O)O. The second-order valence-electron chi connectivity index (χ2n) is 9.80. The first-order valence-corrected chi connectivity index (χ1v) is 12.8. The normalized spacial score (nSPS) is 18.6. The van der Waals surface area contributed by atoms with Gasteiger partial charge in [-0.2, -0.15) is 0 Å². The molecule has 1 unspecified atom stereocenters. The topological polar surface area (TPSA) is 128 Å². The number of aromatic nitrogens is 3. The Morgan fingerprint density at radius 1 is 1.21 bits per heavy atom. The molecule has 4 heterocycles. The van der Waals surface area contributed by atoms with Gasteiger partial charge >= 0.3 is 11.9 Å². The summed E-state index contributed by atoms with van der Waals surface area (Å²) < 4.78 is 25.8. The maximum atomic E-state index is 13.5. The fourth-order valence-corrected chi connectivity index (χ4v) is 5.39. The van der Waals surface area contributed by atoms with Gasteiger partial charge < -0.3 is 19.3 Å². The van der Waals surface area contributed by atoms with E-state index >= 15 is 0 Å². The monoisotopic (exact) mass is 524 g/mol. The Bertz CT molecular complexity index is 1450. The van der Waals surface area contributed by atoms with E-state index in [0.717, 1.165) is 49.2 Å². The summed E-state index contributed by atoms with van der Waals surface area (Å²) in [7, 11) is 0. The van der Waals surface area contributed by atoms with Crippen molar-refractivity contribution in [1.82, 2.24) is 19.6 Å². The Kier molecular flexibility index (Phi) is 7.37. The number of aliphatic carboxylic acids is 1. The summed E-state index contributed by atoms with van der Waals surface area (Å²) in [5.74, 6) is -1.73. The van der Waals surface area contributed by atoms with Crippen molar-refractivity contribution < 1.29 is 28.3 Å². The van der Waals surface area contributed by atoms with E-state index in [4.69, 9.17) is 14.4 Å². The summed E-state index contributed by atoms with van der Waals surface area (Å²) in [6.07, 6.45) is 4.38. The lowest BCUT2D eigenvalue weighted by Crippen LogP contribution is -2.38. The van der Waals surface area contributed by atoms with E-state index in [2.05, 4.69) is 15.0 Å². The lowest BCUT2D eigenvalue weighted by molar-refractivity contribution is -0.145. The molecular formula is C27H29FN4O6. The van der Waals surface area contributed by atoms with Crippen LogP contribution in [0.4, 0.5) is 4.39 Å². The van der Waals surface area contributed by atoms with Gasteiger partial charge in [0.05, 0.1) is 5.69 Å². The number of ether oxygens (including phenoxy) is 1. The van der Waals surface area contributed by atoms with Gasteiger partial charge in [0.2, 0.25) is 0 Å². The molecule has 0 bridgehead atoms. The predicted molar refractivity (Wildman–Crippen MR) is 134 cm³/mol. The standard InChI is InChI=1S/C27H29FN4O6/c1-16-19(27(36)32-11-2-3-21(26(32)29-16)37-24(35)7-6-23(33)34)10-14-31-12-8-17(9-13-31)25-20-5-4-18(28)15-22(20)38-30-25/h4-7,15,17,21H,2-3,8-14H2,1H3,(H,33,34). The zero-order valence-corrected chi connectivity index (χ0v) is 21.1. The van der Waals surface area contributed by atoms with Crippen molar-refractivity contribution >= 4 is 22.9 Å². The van der Waals surface area contributed by atoms with Gasteiger partial charge in [0, 0.05) is 53.9 Å². The number of hydrogen-bond donors (Lipinski definition) is 1. The zero-order valence-electron chi connectivity index (χ0n) is 21.1. The lowest BCUT2D eigenvalue weighted by atomic mass is 9.91. The molecule has 0 amide bonds. The molecule has 2 aliphatic heterocycles. The largest absolute Gasteiger partial charge is 0.478 e. The molecule has 1 saturated heterocycles. The minimum absolute atomic E-state index is 0.120. The predicted octanol–water partition coefficient (Wildman–Crippen LogP) is 3.27. The van der Waals surface area contributed by atoms with Crippen LogP contribution in [0.25, 0.3) is 11.0 Å². The first-order valence-electron chi connectivity index (χ1n) is 12.8. The molecule has 1 fully saturated rings. The summed E-state index contributed by atoms with van der Waals surface area (Å²) in [6, 6.07) is 4.51. The van der Waals surface area contributed by atoms with Gasteiger partial charge in [0.15, 0.2) is 17.5 Å². The molecule has 1 N–H and O–H groups in total. The summed E-state index contributed by atoms with van der Waals surface area (Å²) in [5, 5.41) is 13.8. The van der Waals surface area contributed by atoms with Crippen LogP contribution in [-0.4, -0.2) is 56.3 Å². The first kappa shape index (κ1) is 25.8. The fraction of sp³-hybridized carbons (Fsp3) is 0.444. The molecule has 38 heavy (non-hydrogen) atoms. The van der Waals surface area contributed by atoms with Crippen LogP contribution in [0.5, 0.6) is 0 Å². The summed E-state index contributed by atoms with van der Waals surface area (Å²) in [6.45, 7) is 4.70. The minimum atomic E-state index is -1.24. The van der Waals surface area contributed by atoms with Gasteiger partial charge in [0.25, 0.3) is 5.56 Å². The molecule has 2 aromatic heterocycles. The van der Waals surface area contributed by atoms with Gasteiger partial charge in [-0.25, -0.2) is 19.0 Å². The molecule has 0 radical (unpaired) electrons. The number of piperidine rings is 1. The molecule has 200 valence electrons. The number of nitrogens with zero attached hydrogens (tertiary/aromatic N) is 4. The second kappa shape index (κ2) is 10.9. The maximum absolute atomic E-state index is 13.5. The van der Waals surface area contributed by atoms with Crippen molar-refractivity contribution in [2.24, 2.45) is 0 Å². The number of fused-ring (bicyclic) bond motifs is 2. The third kappa shape index (κ3) is 5.38. The van der Waals surface area contributed by atoms with Crippen LogP contribution in [-0.2, 0) is 27.3 Å². The summed E-state index contributed by atoms with van der Waals surface area (Å²) in [4.78, 5) is 42.9. The van der Waals surface area contributed by atoms with Crippen molar-refractivity contribution in [2.45, 2.75) is 57.6 Å². The third-order valence-corrected chi connectivity index (χ3v) is 7.37.